The van der Waals surface area contributed by atoms with Crippen molar-refractivity contribution in [3.8, 4) is 6.07 Å². The summed E-state index contributed by atoms with van der Waals surface area (Å²) in [6.07, 6.45) is 4.18. The highest BCUT2D eigenvalue weighted by Crippen LogP contribution is 2.35. The van der Waals surface area contributed by atoms with E-state index in [4.69, 9.17) is 0 Å². The van der Waals surface area contributed by atoms with E-state index in [0.29, 0.717) is 0 Å². The van der Waals surface area contributed by atoms with Gasteiger partial charge in [0, 0.05) is 6.04 Å². The SMILES string of the molecule is C[C@H](N[C@@]1(C#N)CCCCc2ccccc21)c1ccccc1. The molecule has 0 saturated heterocycles. The van der Waals surface area contributed by atoms with Gasteiger partial charge >= 0.3 is 0 Å². The first-order valence-corrected chi connectivity index (χ1v) is 8.07. The van der Waals surface area contributed by atoms with Crippen LogP contribution < -0.4 is 5.32 Å². The molecule has 0 amide bonds. The summed E-state index contributed by atoms with van der Waals surface area (Å²) in [5.41, 5.74) is 3.12. The molecule has 0 aromatic heterocycles. The van der Waals surface area contributed by atoms with Crippen molar-refractivity contribution in [1.29, 1.82) is 5.26 Å². The van der Waals surface area contributed by atoms with E-state index < -0.39 is 5.54 Å². The number of hydrogen-bond acceptors (Lipinski definition) is 2. The van der Waals surface area contributed by atoms with Gasteiger partial charge in [0.05, 0.1) is 6.07 Å². The second-order valence-corrected chi connectivity index (χ2v) is 6.16. The van der Waals surface area contributed by atoms with Gasteiger partial charge in [-0.1, -0.05) is 54.6 Å². The van der Waals surface area contributed by atoms with E-state index in [-0.39, 0.29) is 6.04 Å². The number of aryl methyl sites for hydroxylation is 1. The van der Waals surface area contributed by atoms with Gasteiger partial charge in [-0.25, -0.2) is 0 Å². The topological polar surface area (TPSA) is 35.8 Å². The van der Waals surface area contributed by atoms with Crippen molar-refractivity contribution in [2.75, 3.05) is 0 Å². The molecule has 1 aliphatic rings. The smallest absolute Gasteiger partial charge is 0.133 e. The number of rotatable bonds is 3. The first kappa shape index (κ1) is 14.8. The first-order valence-electron chi connectivity index (χ1n) is 8.07. The normalized spacial score (nSPS) is 22.2. The maximum absolute atomic E-state index is 10.00. The molecule has 112 valence electrons. The molecule has 0 saturated carbocycles. The highest BCUT2D eigenvalue weighted by Gasteiger charge is 2.36. The predicted octanol–water partition coefficient (Wildman–Crippen LogP) is 4.48. The van der Waals surface area contributed by atoms with Crippen molar-refractivity contribution in [1.82, 2.24) is 5.32 Å². The Morgan fingerprint density at radius 2 is 1.77 bits per heavy atom. The van der Waals surface area contributed by atoms with E-state index in [2.05, 4.69) is 48.6 Å². The van der Waals surface area contributed by atoms with E-state index >= 15 is 0 Å². The molecule has 3 rings (SSSR count). The summed E-state index contributed by atoms with van der Waals surface area (Å²) in [5, 5.41) is 13.6. The minimum atomic E-state index is -0.581. The Labute approximate surface area is 132 Å². The predicted molar refractivity (Wildman–Crippen MR) is 89.3 cm³/mol. The van der Waals surface area contributed by atoms with Gasteiger partial charge < -0.3 is 0 Å². The maximum Gasteiger partial charge on any atom is 0.133 e. The van der Waals surface area contributed by atoms with Crippen LogP contribution in [-0.4, -0.2) is 0 Å². The molecule has 2 atom stereocenters. The quantitative estimate of drug-likeness (QED) is 0.846. The minimum Gasteiger partial charge on any atom is -0.289 e. The first-order chi connectivity index (χ1) is 10.7. The molecule has 22 heavy (non-hydrogen) atoms. The van der Waals surface area contributed by atoms with Gasteiger partial charge in [0.2, 0.25) is 0 Å². The molecule has 0 unspecified atom stereocenters. The van der Waals surface area contributed by atoms with Gasteiger partial charge in [0.15, 0.2) is 0 Å². The average molecular weight is 290 g/mol. The number of fused-ring (bicyclic) bond motifs is 1. The molecule has 2 aromatic rings. The number of benzene rings is 2. The van der Waals surface area contributed by atoms with Gasteiger partial charge in [-0.3, -0.25) is 5.32 Å². The van der Waals surface area contributed by atoms with Crippen molar-refractivity contribution in [2.45, 2.75) is 44.2 Å². The molecule has 1 N–H and O–H groups in total. The Morgan fingerprint density at radius 1 is 1.05 bits per heavy atom. The molecule has 0 bridgehead atoms. The monoisotopic (exact) mass is 290 g/mol. The molecule has 0 heterocycles. The van der Waals surface area contributed by atoms with Crippen LogP contribution in [0.3, 0.4) is 0 Å². The largest absolute Gasteiger partial charge is 0.289 e. The van der Waals surface area contributed by atoms with Gasteiger partial charge in [-0.15, -0.1) is 0 Å². The average Bonchev–Trinajstić information content (AvgIpc) is 2.76. The number of nitriles is 1. The van der Waals surface area contributed by atoms with Crippen LogP contribution in [0.15, 0.2) is 54.6 Å². The van der Waals surface area contributed by atoms with E-state index in [1.807, 2.05) is 24.3 Å². The van der Waals surface area contributed by atoms with Crippen LogP contribution in [0.2, 0.25) is 0 Å². The zero-order valence-electron chi connectivity index (χ0n) is 13.0. The molecular weight excluding hydrogens is 268 g/mol. The zero-order chi connectivity index (χ0) is 15.4. The van der Waals surface area contributed by atoms with E-state index in [1.54, 1.807) is 0 Å². The summed E-state index contributed by atoms with van der Waals surface area (Å²) in [6, 6.07) is 21.5. The summed E-state index contributed by atoms with van der Waals surface area (Å²) in [4.78, 5) is 0. The van der Waals surface area contributed by atoms with Gasteiger partial charge in [-0.2, -0.15) is 5.26 Å². The molecule has 0 radical (unpaired) electrons. The molecular formula is C20H22N2. The molecule has 1 aliphatic carbocycles. The van der Waals surface area contributed by atoms with Gasteiger partial charge in [0.1, 0.15) is 5.54 Å². The summed E-state index contributed by atoms with van der Waals surface area (Å²) in [7, 11) is 0. The van der Waals surface area contributed by atoms with Crippen LogP contribution in [0.1, 0.15) is 48.9 Å². The minimum absolute atomic E-state index is 0.145. The fourth-order valence-corrected chi connectivity index (χ4v) is 3.49. The lowest BCUT2D eigenvalue weighted by Crippen LogP contribution is -2.42. The zero-order valence-corrected chi connectivity index (χ0v) is 13.0. The highest BCUT2D eigenvalue weighted by molar-refractivity contribution is 5.40. The molecule has 0 aliphatic heterocycles. The van der Waals surface area contributed by atoms with Crippen LogP contribution in [0.5, 0.6) is 0 Å². The summed E-state index contributed by atoms with van der Waals surface area (Å²) in [5.74, 6) is 0. The van der Waals surface area contributed by atoms with Crippen molar-refractivity contribution in [3.63, 3.8) is 0 Å². The fraction of sp³-hybridized carbons (Fsp3) is 0.350. The van der Waals surface area contributed by atoms with Crippen molar-refractivity contribution in [2.24, 2.45) is 0 Å². The Bertz CT molecular complexity index is 672. The Kier molecular flexibility index (Phi) is 4.27. The third kappa shape index (κ3) is 2.77. The molecule has 2 nitrogen and oxygen atoms in total. The lowest BCUT2D eigenvalue weighted by Gasteiger charge is -2.32. The molecule has 2 aromatic carbocycles. The summed E-state index contributed by atoms with van der Waals surface area (Å²) >= 11 is 0. The second kappa shape index (κ2) is 6.34. The van der Waals surface area contributed by atoms with E-state index in [0.717, 1.165) is 31.2 Å². The maximum atomic E-state index is 10.00. The van der Waals surface area contributed by atoms with E-state index in [1.165, 1.54) is 11.1 Å². The fourth-order valence-electron chi connectivity index (χ4n) is 3.49. The van der Waals surface area contributed by atoms with Crippen molar-refractivity contribution in [3.05, 3.63) is 71.3 Å². The van der Waals surface area contributed by atoms with Crippen LogP contribution in [0, 0.1) is 11.3 Å². The Morgan fingerprint density at radius 3 is 2.55 bits per heavy atom. The summed E-state index contributed by atoms with van der Waals surface area (Å²) < 4.78 is 0. The number of hydrogen-bond donors (Lipinski definition) is 1. The standard InChI is InChI=1S/C20H22N2/c1-16(17-9-3-2-4-10-17)22-20(15-21)14-8-7-12-18-11-5-6-13-19(18)20/h2-6,9-11,13,16,22H,7-8,12,14H2,1H3/t16-,20+/m0/s1. The van der Waals surface area contributed by atoms with Crippen LogP contribution in [0.4, 0.5) is 0 Å². The highest BCUT2D eigenvalue weighted by atomic mass is 15.0. The summed E-state index contributed by atoms with van der Waals surface area (Å²) in [6.45, 7) is 2.14. The van der Waals surface area contributed by atoms with Crippen molar-refractivity contribution >= 4 is 0 Å². The van der Waals surface area contributed by atoms with Gasteiger partial charge in [0.25, 0.3) is 0 Å². The Balaban J connectivity index is 1.97. The Hall–Kier alpha value is -2.11. The van der Waals surface area contributed by atoms with Crippen LogP contribution >= 0.6 is 0 Å². The third-order valence-electron chi connectivity index (χ3n) is 4.68. The van der Waals surface area contributed by atoms with E-state index in [9.17, 15) is 5.26 Å². The molecule has 0 fully saturated rings. The van der Waals surface area contributed by atoms with Crippen molar-refractivity contribution < 1.29 is 0 Å². The van der Waals surface area contributed by atoms with Crippen LogP contribution in [0.25, 0.3) is 0 Å². The lowest BCUT2D eigenvalue weighted by atomic mass is 9.84. The number of nitrogens with zero attached hydrogens (tertiary/aromatic N) is 1. The number of nitrogens with one attached hydrogen (secondary N) is 1. The lowest BCUT2D eigenvalue weighted by molar-refractivity contribution is 0.351. The van der Waals surface area contributed by atoms with Crippen LogP contribution in [-0.2, 0) is 12.0 Å². The molecule has 2 heteroatoms. The van der Waals surface area contributed by atoms with Gasteiger partial charge in [-0.05, 0) is 49.3 Å². The molecule has 0 spiro atoms. The second-order valence-electron chi connectivity index (χ2n) is 6.16. The third-order valence-corrected chi connectivity index (χ3v) is 4.68.